The Balaban J connectivity index is 2.17. The summed E-state index contributed by atoms with van der Waals surface area (Å²) in [5, 5.41) is 11.7. The Morgan fingerprint density at radius 2 is 2.00 bits per heavy atom. The standard InChI is InChI=1S/C14H17FN2O3/c1-16-13(18)9-5-7-17(8-6-9)11-4-2-3-10(15)12(11)14(19)20/h2-4,9H,5-8H2,1H3,(H,16,18)(H,19,20). The van der Waals surface area contributed by atoms with Crippen LogP contribution in [0.1, 0.15) is 23.2 Å². The minimum Gasteiger partial charge on any atom is -0.478 e. The Kier molecular flexibility index (Phi) is 4.22. The van der Waals surface area contributed by atoms with E-state index < -0.39 is 11.8 Å². The lowest BCUT2D eigenvalue weighted by Crippen LogP contribution is -2.40. The smallest absolute Gasteiger partial charge is 0.340 e. The quantitative estimate of drug-likeness (QED) is 0.880. The molecule has 0 aliphatic carbocycles. The molecule has 2 rings (SSSR count). The zero-order chi connectivity index (χ0) is 14.7. The van der Waals surface area contributed by atoms with Gasteiger partial charge in [-0.3, -0.25) is 4.79 Å². The average Bonchev–Trinajstić information content (AvgIpc) is 2.46. The maximum Gasteiger partial charge on any atom is 0.340 e. The molecule has 0 spiro atoms. The summed E-state index contributed by atoms with van der Waals surface area (Å²) < 4.78 is 13.6. The number of hydrogen-bond donors (Lipinski definition) is 2. The molecule has 1 aliphatic rings. The van der Waals surface area contributed by atoms with E-state index in [0.717, 1.165) is 6.07 Å². The van der Waals surface area contributed by atoms with Crippen molar-refractivity contribution < 1.29 is 19.1 Å². The number of hydrogen-bond acceptors (Lipinski definition) is 3. The van der Waals surface area contributed by atoms with Crippen LogP contribution in [-0.2, 0) is 4.79 Å². The zero-order valence-corrected chi connectivity index (χ0v) is 11.2. The fourth-order valence-electron chi connectivity index (χ4n) is 2.57. The van der Waals surface area contributed by atoms with Gasteiger partial charge in [0.15, 0.2) is 0 Å². The molecule has 108 valence electrons. The Labute approximate surface area is 116 Å². The van der Waals surface area contributed by atoms with Crippen molar-refractivity contribution >= 4 is 17.6 Å². The number of carboxylic acid groups (broad SMARTS) is 1. The summed E-state index contributed by atoms with van der Waals surface area (Å²) in [6.45, 7) is 1.09. The molecule has 1 aromatic carbocycles. The van der Waals surface area contributed by atoms with Gasteiger partial charge in [-0.15, -0.1) is 0 Å². The van der Waals surface area contributed by atoms with Gasteiger partial charge in [-0.05, 0) is 25.0 Å². The SMILES string of the molecule is CNC(=O)C1CCN(c2cccc(F)c2C(=O)O)CC1. The van der Waals surface area contributed by atoms with Crippen molar-refractivity contribution in [3.8, 4) is 0 Å². The summed E-state index contributed by atoms with van der Waals surface area (Å²) in [6, 6.07) is 4.25. The first-order valence-electron chi connectivity index (χ1n) is 6.53. The van der Waals surface area contributed by atoms with E-state index in [1.807, 2.05) is 4.90 Å². The summed E-state index contributed by atoms with van der Waals surface area (Å²) in [5.74, 6) is -2.06. The van der Waals surface area contributed by atoms with Crippen LogP contribution in [0.3, 0.4) is 0 Å². The van der Waals surface area contributed by atoms with Crippen LogP contribution in [0.15, 0.2) is 18.2 Å². The van der Waals surface area contributed by atoms with E-state index >= 15 is 0 Å². The predicted octanol–water partition coefficient (Wildman–Crippen LogP) is 1.49. The molecule has 1 saturated heterocycles. The number of rotatable bonds is 3. The Morgan fingerprint density at radius 1 is 1.35 bits per heavy atom. The van der Waals surface area contributed by atoms with Crippen molar-refractivity contribution in [2.24, 2.45) is 5.92 Å². The summed E-state index contributed by atoms with van der Waals surface area (Å²) in [5.41, 5.74) is 0.0822. The van der Waals surface area contributed by atoms with Gasteiger partial charge in [0.1, 0.15) is 11.4 Å². The van der Waals surface area contributed by atoms with Crippen molar-refractivity contribution in [1.29, 1.82) is 0 Å². The monoisotopic (exact) mass is 280 g/mol. The molecule has 0 radical (unpaired) electrons. The van der Waals surface area contributed by atoms with Crippen molar-refractivity contribution in [1.82, 2.24) is 5.32 Å². The molecule has 1 aromatic rings. The fraction of sp³-hybridized carbons (Fsp3) is 0.429. The van der Waals surface area contributed by atoms with E-state index in [-0.39, 0.29) is 17.4 Å². The lowest BCUT2D eigenvalue weighted by atomic mass is 9.95. The van der Waals surface area contributed by atoms with Crippen LogP contribution in [0.2, 0.25) is 0 Å². The number of amides is 1. The first kappa shape index (κ1) is 14.3. The molecule has 0 atom stereocenters. The van der Waals surface area contributed by atoms with Gasteiger partial charge in [0.25, 0.3) is 0 Å². The van der Waals surface area contributed by atoms with E-state index in [0.29, 0.717) is 31.6 Å². The van der Waals surface area contributed by atoms with Gasteiger partial charge in [-0.25, -0.2) is 9.18 Å². The Morgan fingerprint density at radius 3 is 2.55 bits per heavy atom. The summed E-state index contributed by atoms with van der Waals surface area (Å²) >= 11 is 0. The number of aromatic carboxylic acids is 1. The summed E-state index contributed by atoms with van der Waals surface area (Å²) in [7, 11) is 1.60. The molecule has 1 heterocycles. The van der Waals surface area contributed by atoms with Crippen LogP contribution in [-0.4, -0.2) is 37.1 Å². The second kappa shape index (κ2) is 5.90. The largest absolute Gasteiger partial charge is 0.478 e. The van der Waals surface area contributed by atoms with E-state index in [1.54, 1.807) is 13.1 Å². The van der Waals surface area contributed by atoms with E-state index in [2.05, 4.69) is 5.32 Å². The summed E-state index contributed by atoms with van der Waals surface area (Å²) in [4.78, 5) is 24.6. The molecule has 6 heteroatoms. The molecule has 1 fully saturated rings. The highest BCUT2D eigenvalue weighted by Gasteiger charge is 2.27. The molecule has 0 bridgehead atoms. The highest BCUT2D eigenvalue weighted by atomic mass is 19.1. The fourth-order valence-corrected chi connectivity index (χ4v) is 2.57. The topological polar surface area (TPSA) is 69.6 Å². The molecule has 0 saturated carbocycles. The van der Waals surface area contributed by atoms with Crippen LogP contribution >= 0.6 is 0 Å². The van der Waals surface area contributed by atoms with Gasteiger partial charge in [0.05, 0.1) is 5.69 Å². The van der Waals surface area contributed by atoms with Crippen LogP contribution in [0, 0.1) is 11.7 Å². The van der Waals surface area contributed by atoms with Gasteiger partial charge in [0.2, 0.25) is 5.91 Å². The van der Waals surface area contributed by atoms with Crippen molar-refractivity contribution in [2.45, 2.75) is 12.8 Å². The van der Waals surface area contributed by atoms with Crippen LogP contribution < -0.4 is 10.2 Å². The zero-order valence-electron chi connectivity index (χ0n) is 11.2. The van der Waals surface area contributed by atoms with Gasteiger partial charge < -0.3 is 15.3 Å². The second-order valence-corrected chi connectivity index (χ2v) is 4.81. The third-order valence-corrected chi connectivity index (χ3v) is 3.66. The second-order valence-electron chi connectivity index (χ2n) is 4.81. The lowest BCUT2D eigenvalue weighted by Gasteiger charge is -2.33. The van der Waals surface area contributed by atoms with Gasteiger partial charge in [0, 0.05) is 26.1 Å². The summed E-state index contributed by atoms with van der Waals surface area (Å²) in [6.07, 6.45) is 1.27. The Hall–Kier alpha value is -2.11. The average molecular weight is 280 g/mol. The molecular weight excluding hydrogens is 263 g/mol. The van der Waals surface area contributed by atoms with E-state index in [4.69, 9.17) is 5.11 Å². The number of carbonyl (C=O) groups is 2. The number of anilines is 1. The normalized spacial score (nSPS) is 16.0. The van der Waals surface area contributed by atoms with E-state index in [9.17, 15) is 14.0 Å². The number of piperidine rings is 1. The van der Waals surface area contributed by atoms with Crippen molar-refractivity contribution in [2.75, 3.05) is 25.0 Å². The van der Waals surface area contributed by atoms with Crippen LogP contribution in [0.4, 0.5) is 10.1 Å². The minimum absolute atomic E-state index is 0.00218. The van der Waals surface area contributed by atoms with Crippen LogP contribution in [0.5, 0.6) is 0 Å². The number of carboxylic acids is 1. The number of benzene rings is 1. The number of carbonyl (C=O) groups excluding carboxylic acids is 1. The lowest BCUT2D eigenvalue weighted by molar-refractivity contribution is -0.125. The van der Waals surface area contributed by atoms with Crippen LogP contribution in [0.25, 0.3) is 0 Å². The molecule has 1 aliphatic heterocycles. The van der Waals surface area contributed by atoms with Crippen molar-refractivity contribution in [3.63, 3.8) is 0 Å². The number of nitrogens with zero attached hydrogens (tertiary/aromatic N) is 1. The maximum atomic E-state index is 13.6. The molecule has 2 N–H and O–H groups in total. The predicted molar refractivity (Wildman–Crippen MR) is 72.4 cm³/mol. The van der Waals surface area contributed by atoms with Gasteiger partial charge in [-0.2, -0.15) is 0 Å². The third-order valence-electron chi connectivity index (χ3n) is 3.66. The maximum absolute atomic E-state index is 13.6. The van der Waals surface area contributed by atoms with Crippen molar-refractivity contribution in [3.05, 3.63) is 29.6 Å². The molecule has 5 nitrogen and oxygen atoms in total. The number of nitrogens with one attached hydrogen (secondary N) is 1. The molecule has 20 heavy (non-hydrogen) atoms. The first-order chi connectivity index (χ1) is 9.54. The minimum atomic E-state index is -1.27. The Bertz CT molecular complexity index is 525. The highest BCUT2D eigenvalue weighted by molar-refractivity contribution is 5.94. The van der Waals surface area contributed by atoms with Gasteiger partial charge in [-0.1, -0.05) is 6.07 Å². The molecular formula is C14H17FN2O3. The molecule has 1 amide bonds. The first-order valence-corrected chi connectivity index (χ1v) is 6.53. The molecule has 0 aromatic heterocycles. The van der Waals surface area contributed by atoms with E-state index in [1.165, 1.54) is 6.07 Å². The van der Waals surface area contributed by atoms with Gasteiger partial charge >= 0.3 is 5.97 Å². The molecule has 0 unspecified atom stereocenters. The highest BCUT2D eigenvalue weighted by Crippen LogP contribution is 2.28. The number of halogens is 1. The third kappa shape index (κ3) is 2.74.